The van der Waals surface area contributed by atoms with E-state index in [0.717, 1.165) is 0 Å². The molecule has 4 nitrogen and oxygen atoms in total. The highest BCUT2D eigenvalue weighted by Crippen LogP contribution is 2.58. The van der Waals surface area contributed by atoms with E-state index >= 15 is 0 Å². The predicted molar refractivity (Wildman–Crippen MR) is 98.1 cm³/mol. The van der Waals surface area contributed by atoms with E-state index in [0.29, 0.717) is 0 Å². The summed E-state index contributed by atoms with van der Waals surface area (Å²) in [5.41, 5.74) is -12.1. The van der Waals surface area contributed by atoms with Crippen molar-refractivity contribution in [3.63, 3.8) is 0 Å². The Balaban J connectivity index is 3.61. The van der Waals surface area contributed by atoms with Gasteiger partial charge in [0, 0.05) is 11.8 Å². The van der Waals surface area contributed by atoms with Crippen molar-refractivity contribution in [2.75, 3.05) is 0 Å². The normalized spacial score (nSPS) is 24.4. The topological polar surface area (TPSA) is 66.8 Å². The van der Waals surface area contributed by atoms with Gasteiger partial charge in [-0.3, -0.25) is 4.79 Å². The summed E-state index contributed by atoms with van der Waals surface area (Å²) in [5.74, 6) is -9.12. The van der Waals surface area contributed by atoms with Crippen molar-refractivity contribution in [3.8, 4) is 0 Å². The first-order chi connectivity index (χ1) is 15.6. The minimum absolute atomic E-state index is 0.0372. The van der Waals surface area contributed by atoms with Gasteiger partial charge in [-0.2, -0.15) is 52.7 Å². The van der Waals surface area contributed by atoms with Crippen molar-refractivity contribution in [1.29, 1.82) is 0 Å². The van der Waals surface area contributed by atoms with E-state index in [1.54, 1.807) is 20.8 Å². The van der Waals surface area contributed by atoms with Crippen molar-refractivity contribution < 1.29 is 72.4 Å². The molecule has 0 aromatic rings. The summed E-state index contributed by atoms with van der Waals surface area (Å²) in [5, 5.41) is 19.4. The second-order valence-electron chi connectivity index (χ2n) is 10.3. The minimum atomic E-state index is -6.58. The van der Waals surface area contributed by atoms with Crippen molar-refractivity contribution in [3.05, 3.63) is 0 Å². The third kappa shape index (κ3) is 6.33. The molecule has 1 rings (SSSR count). The summed E-state index contributed by atoms with van der Waals surface area (Å²) >= 11 is 0. The summed E-state index contributed by atoms with van der Waals surface area (Å²) in [7, 11) is 0. The van der Waals surface area contributed by atoms with Crippen molar-refractivity contribution >= 4 is 5.97 Å². The zero-order chi connectivity index (χ0) is 28.9. The fourth-order valence-corrected chi connectivity index (χ4v) is 4.57. The van der Waals surface area contributed by atoms with Crippen LogP contribution in [0.5, 0.6) is 0 Å². The summed E-state index contributed by atoms with van der Waals surface area (Å²) in [4.78, 5) is 12.4. The Morgan fingerprint density at radius 3 is 1.28 bits per heavy atom. The Labute approximate surface area is 198 Å². The molecule has 0 aromatic heterocycles. The highest BCUT2D eigenvalue weighted by atomic mass is 19.4. The second kappa shape index (κ2) is 9.70. The molecule has 0 aromatic carbocycles. The maximum Gasteiger partial charge on any atom is 0.426 e. The van der Waals surface area contributed by atoms with Crippen LogP contribution in [0.25, 0.3) is 0 Å². The quantitative estimate of drug-likeness (QED) is 0.316. The van der Waals surface area contributed by atoms with Gasteiger partial charge in [-0.25, -0.2) is 0 Å². The number of hydrogen-bond donors (Lipinski definition) is 2. The summed E-state index contributed by atoms with van der Waals surface area (Å²) < 4.78 is 166. The number of rotatable bonds is 5. The summed E-state index contributed by atoms with van der Waals surface area (Å²) in [6.45, 7) is 6.16. The first kappa shape index (κ1) is 32.6. The van der Waals surface area contributed by atoms with Gasteiger partial charge in [-0.1, -0.05) is 27.7 Å². The first-order valence-corrected chi connectivity index (χ1v) is 10.5. The molecule has 0 heterocycles. The fourth-order valence-electron chi connectivity index (χ4n) is 4.57. The average Bonchev–Trinajstić information content (AvgIpc) is 2.61. The number of alkyl halides is 12. The zero-order valence-electron chi connectivity index (χ0n) is 19.4. The second-order valence-corrected chi connectivity index (χ2v) is 10.3. The van der Waals surface area contributed by atoms with Crippen LogP contribution < -0.4 is 0 Å². The number of carbonyl (C=O) groups is 1. The minimum Gasteiger partial charge on any atom is -0.462 e. The lowest BCUT2D eigenvalue weighted by atomic mass is 9.65. The zero-order valence-corrected chi connectivity index (χ0v) is 19.4. The molecule has 16 heteroatoms. The highest BCUT2D eigenvalue weighted by molar-refractivity contribution is 5.72. The third-order valence-corrected chi connectivity index (χ3v) is 6.18. The smallest absolute Gasteiger partial charge is 0.426 e. The van der Waals surface area contributed by atoms with Crippen LogP contribution in [0.4, 0.5) is 52.7 Å². The summed E-state index contributed by atoms with van der Waals surface area (Å²) in [6.07, 6.45) is -33.9. The maximum atomic E-state index is 13.4. The van der Waals surface area contributed by atoms with Gasteiger partial charge in [0.25, 0.3) is 11.2 Å². The van der Waals surface area contributed by atoms with Crippen LogP contribution in [-0.2, 0) is 9.53 Å². The van der Waals surface area contributed by atoms with Gasteiger partial charge in [0.2, 0.25) is 0 Å². The highest BCUT2D eigenvalue weighted by Gasteiger charge is 2.78. The van der Waals surface area contributed by atoms with E-state index in [9.17, 15) is 67.7 Å². The molecule has 0 aliphatic heterocycles. The van der Waals surface area contributed by atoms with Crippen molar-refractivity contribution in [2.45, 2.75) is 95.4 Å². The van der Waals surface area contributed by atoms with E-state index in [4.69, 9.17) is 4.74 Å². The molecule has 0 bridgehead atoms. The largest absolute Gasteiger partial charge is 0.462 e. The van der Waals surface area contributed by atoms with E-state index in [1.165, 1.54) is 6.92 Å². The van der Waals surface area contributed by atoms with E-state index < -0.39 is 90.4 Å². The van der Waals surface area contributed by atoms with Crippen LogP contribution in [0.3, 0.4) is 0 Å². The molecule has 0 radical (unpaired) electrons. The van der Waals surface area contributed by atoms with Crippen LogP contribution in [-0.4, -0.2) is 58.2 Å². The van der Waals surface area contributed by atoms with Crippen LogP contribution in [0, 0.1) is 23.2 Å². The monoisotopic (exact) mass is 558 g/mol. The molecule has 1 fully saturated rings. The SMILES string of the molecule is CC(CC(C)(C)C)C(=O)OC1CC(C(O)(C(F)(F)F)C(F)(F)F)CC(C(O)(C(F)(F)F)C(F)(F)F)C1. The number of esters is 1. The molecule has 2 N–H and O–H groups in total. The molecule has 0 spiro atoms. The average molecular weight is 558 g/mol. The molecule has 0 amide bonds. The Kier molecular flexibility index (Phi) is 8.77. The van der Waals surface area contributed by atoms with Crippen molar-refractivity contribution in [2.24, 2.45) is 23.2 Å². The molecule has 3 unspecified atom stereocenters. The fraction of sp³-hybridized carbons (Fsp3) is 0.950. The van der Waals surface area contributed by atoms with Gasteiger partial charge in [-0.15, -0.1) is 0 Å². The molecule has 0 saturated heterocycles. The molecule has 3 atom stereocenters. The lowest BCUT2D eigenvalue weighted by molar-refractivity contribution is -0.405. The molecule has 1 aliphatic rings. The molecular formula is C20H26F12O4. The third-order valence-electron chi connectivity index (χ3n) is 6.18. The Morgan fingerprint density at radius 1 is 0.722 bits per heavy atom. The van der Waals surface area contributed by atoms with Crippen LogP contribution >= 0.6 is 0 Å². The Bertz CT molecular complexity index is 702. The lowest BCUT2D eigenvalue weighted by Crippen LogP contribution is -2.67. The van der Waals surface area contributed by atoms with Gasteiger partial charge in [0.1, 0.15) is 6.10 Å². The molecule has 214 valence electrons. The maximum absolute atomic E-state index is 13.4. The van der Waals surface area contributed by atoms with Gasteiger partial charge >= 0.3 is 30.7 Å². The molecule has 1 saturated carbocycles. The van der Waals surface area contributed by atoms with Gasteiger partial charge in [0.15, 0.2) is 0 Å². The van der Waals surface area contributed by atoms with E-state index in [-0.39, 0.29) is 6.42 Å². The summed E-state index contributed by atoms with van der Waals surface area (Å²) in [6, 6.07) is 0. The van der Waals surface area contributed by atoms with Crippen LogP contribution in [0.1, 0.15) is 53.4 Å². The van der Waals surface area contributed by atoms with E-state index in [2.05, 4.69) is 0 Å². The van der Waals surface area contributed by atoms with Gasteiger partial charge in [-0.05, 0) is 31.1 Å². The van der Waals surface area contributed by atoms with Gasteiger partial charge < -0.3 is 14.9 Å². The van der Waals surface area contributed by atoms with Crippen LogP contribution in [0.15, 0.2) is 0 Å². The number of hydrogen-bond acceptors (Lipinski definition) is 4. The number of carbonyl (C=O) groups excluding carboxylic acids is 1. The Morgan fingerprint density at radius 2 is 1.03 bits per heavy atom. The number of ether oxygens (including phenoxy) is 1. The molecule has 36 heavy (non-hydrogen) atoms. The standard InChI is InChI=1S/C20H26F12O4/c1-9(8-14(2,3)4)13(33)36-12-6-10(15(34,17(21,22)23)18(24,25)26)5-11(7-12)16(35,19(27,28)29)20(30,31)32/h9-12,34-35H,5-8H2,1-4H3. The van der Waals surface area contributed by atoms with Gasteiger partial charge in [0.05, 0.1) is 5.92 Å². The molecule has 1 aliphatic carbocycles. The van der Waals surface area contributed by atoms with Crippen LogP contribution in [0.2, 0.25) is 0 Å². The predicted octanol–water partition coefficient (Wildman–Crippen LogP) is 6.10. The number of aliphatic hydroxyl groups is 2. The van der Waals surface area contributed by atoms with E-state index in [1.807, 2.05) is 0 Å². The first-order valence-electron chi connectivity index (χ1n) is 10.5. The Hall–Kier alpha value is -1.45. The molecular weight excluding hydrogens is 532 g/mol. The lowest BCUT2D eigenvalue weighted by Gasteiger charge is -2.48. The van der Waals surface area contributed by atoms with Crippen molar-refractivity contribution in [1.82, 2.24) is 0 Å². The number of halogens is 12.